The second-order valence-corrected chi connectivity index (χ2v) is 16.7. The fourth-order valence-electron chi connectivity index (χ4n) is 9.82. The molecule has 0 bridgehead atoms. The average Bonchev–Trinajstić information content (AvgIpc) is 4.03. The number of para-hydroxylation sites is 3. The Hall–Kier alpha value is -8.82. The van der Waals surface area contributed by atoms with Gasteiger partial charge in [0.1, 0.15) is 11.3 Å². The topological polar surface area (TPSA) is 61.7 Å². The first-order chi connectivity index (χ1) is 32.9. The summed E-state index contributed by atoms with van der Waals surface area (Å²) in [7, 11) is 0. The third-order valence-corrected chi connectivity index (χ3v) is 12.8. The number of rotatable bonds is 6. The van der Waals surface area contributed by atoms with Gasteiger partial charge in [-0.05, 0) is 65.7 Å². The van der Waals surface area contributed by atoms with Crippen molar-refractivity contribution in [2.45, 2.75) is 6.18 Å². The van der Waals surface area contributed by atoms with E-state index in [2.05, 4.69) is 41.0 Å². The molecule has 4 heterocycles. The summed E-state index contributed by atoms with van der Waals surface area (Å²) in [5.41, 5.74) is 7.07. The second kappa shape index (κ2) is 14.9. The Morgan fingerprint density at radius 2 is 0.896 bits per heavy atom. The van der Waals surface area contributed by atoms with Crippen LogP contribution in [0, 0.1) is 0 Å². The summed E-state index contributed by atoms with van der Waals surface area (Å²) >= 11 is 0. The van der Waals surface area contributed by atoms with Crippen LogP contribution in [-0.2, 0) is 6.18 Å². The molecule has 0 saturated heterocycles. The molecule has 0 amide bonds. The molecule has 0 N–H and O–H groups in total. The van der Waals surface area contributed by atoms with Gasteiger partial charge in [-0.25, -0.2) is 15.0 Å². The minimum Gasteiger partial charge on any atom is -0.454 e. The van der Waals surface area contributed by atoms with Gasteiger partial charge in [-0.2, -0.15) is 13.2 Å². The molecular weight excluding hydrogens is 840 g/mol. The van der Waals surface area contributed by atoms with Crippen molar-refractivity contribution in [2.24, 2.45) is 0 Å². The summed E-state index contributed by atoms with van der Waals surface area (Å²) in [4.78, 5) is 14.7. The van der Waals surface area contributed by atoms with Gasteiger partial charge in [0.05, 0.1) is 27.6 Å². The summed E-state index contributed by atoms with van der Waals surface area (Å²) in [5, 5.41) is 4.55. The van der Waals surface area contributed by atoms with Crippen LogP contribution in [0.25, 0.3) is 122 Å². The van der Waals surface area contributed by atoms with Crippen molar-refractivity contribution in [3.8, 4) is 56.7 Å². The van der Waals surface area contributed by atoms with Crippen molar-refractivity contribution in [2.75, 3.05) is 0 Å². The van der Waals surface area contributed by atoms with Gasteiger partial charge < -0.3 is 13.6 Å². The molecule has 0 aliphatic rings. The number of benzene rings is 9. The molecule has 6 nitrogen and oxygen atoms in total. The first-order valence-electron chi connectivity index (χ1n) is 21.9. The van der Waals surface area contributed by atoms with Gasteiger partial charge in [-0.15, -0.1) is 0 Å². The van der Waals surface area contributed by atoms with Gasteiger partial charge in [0, 0.05) is 54.7 Å². The normalized spacial score (nSPS) is 12.1. The predicted octanol–water partition coefficient (Wildman–Crippen LogP) is 15.7. The van der Waals surface area contributed by atoms with E-state index in [4.69, 9.17) is 19.4 Å². The maximum atomic E-state index is 16.4. The number of furan rings is 1. The number of alkyl halides is 3. The van der Waals surface area contributed by atoms with Crippen LogP contribution in [0.15, 0.2) is 211 Å². The van der Waals surface area contributed by atoms with Gasteiger partial charge in [0.25, 0.3) is 0 Å². The van der Waals surface area contributed by atoms with Gasteiger partial charge in [-0.3, -0.25) is 0 Å². The lowest BCUT2D eigenvalue weighted by atomic mass is 9.99. The van der Waals surface area contributed by atoms with E-state index in [1.165, 1.54) is 6.07 Å². The molecule has 0 aliphatic heterocycles. The molecule has 67 heavy (non-hydrogen) atoms. The highest BCUT2D eigenvalue weighted by Gasteiger charge is 2.39. The number of hydrogen-bond donors (Lipinski definition) is 0. The maximum Gasteiger partial charge on any atom is 0.418 e. The van der Waals surface area contributed by atoms with Crippen molar-refractivity contribution < 1.29 is 17.6 Å². The molecule has 9 heteroatoms. The molecule has 0 unspecified atom stereocenters. The Labute approximate surface area is 380 Å². The van der Waals surface area contributed by atoms with Crippen LogP contribution < -0.4 is 0 Å². The lowest BCUT2D eigenvalue weighted by molar-refractivity contribution is -0.137. The highest BCUT2D eigenvalue weighted by molar-refractivity contribution is 6.21. The zero-order chi connectivity index (χ0) is 44.8. The largest absolute Gasteiger partial charge is 0.454 e. The van der Waals surface area contributed by atoms with Gasteiger partial charge >= 0.3 is 6.18 Å². The molecule has 9 aromatic carbocycles. The first kappa shape index (κ1) is 38.6. The molecule has 4 aromatic heterocycles. The molecular formula is C58H34F3N5O. The standard InChI is InChI=1S/C58H34F3N5O/c59-58(60,61)46-32-45(57-63-55(36-19-7-2-8-20-36)62-56(64-57)37-21-9-3-10-22-37)52-41-26-14-16-28-51(41)67-54(52)53(46)66-48-30-29-38(35-17-5-1-6-18-35)31-42(48)44-34-49-43(33-50(44)66)40-25-13-15-27-47(40)65(49)39-23-11-4-12-24-39/h1-34H. The molecule has 0 spiro atoms. The van der Waals surface area contributed by atoms with Crippen LogP contribution in [0.1, 0.15) is 5.56 Å². The molecule has 0 atom stereocenters. The number of aromatic nitrogens is 5. The van der Waals surface area contributed by atoms with E-state index >= 15 is 13.2 Å². The van der Waals surface area contributed by atoms with Crippen LogP contribution in [-0.4, -0.2) is 24.1 Å². The Bertz CT molecular complexity index is 4010. The molecule has 318 valence electrons. The Morgan fingerprint density at radius 1 is 0.388 bits per heavy atom. The summed E-state index contributed by atoms with van der Waals surface area (Å²) in [6.45, 7) is 0. The maximum absolute atomic E-state index is 16.4. The highest BCUT2D eigenvalue weighted by atomic mass is 19.4. The third-order valence-electron chi connectivity index (χ3n) is 12.8. The predicted molar refractivity (Wildman–Crippen MR) is 263 cm³/mol. The summed E-state index contributed by atoms with van der Waals surface area (Å²) in [6.07, 6.45) is -4.87. The van der Waals surface area contributed by atoms with Crippen LogP contribution in [0.2, 0.25) is 0 Å². The number of halogens is 3. The minimum atomic E-state index is -4.87. The first-order valence-corrected chi connectivity index (χ1v) is 21.9. The van der Waals surface area contributed by atoms with Crippen LogP contribution >= 0.6 is 0 Å². The van der Waals surface area contributed by atoms with Crippen molar-refractivity contribution in [1.82, 2.24) is 24.1 Å². The zero-order valence-electron chi connectivity index (χ0n) is 35.4. The van der Waals surface area contributed by atoms with E-state index in [0.29, 0.717) is 50.2 Å². The molecule has 0 saturated carbocycles. The molecule has 13 rings (SSSR count). The molecule has 0 aliphatic carbocycles. The quantitative estimate of drug-likeness (QED) is 0.167. The number of fused-ring (bicyclic) bond motifs is 9. The smallest absolute Gasteiger partial charge is 0.418 e. The minimum absolute atomic E-state index is 0.0618. The van der Waals surface area contributed by atoms with Crippen LogP contribution in [0.3, 0.4) is 0 Å². The highest BCUT2D eigenvalue weighted by Crippen LogP contribution is 2.49. The van der Waals surface area contributed by atoms with Gasteiger partial charge in [0.2, 0.25) is 0 Å². The van der Waals surface area contributed by atoms with Crippen molar-refractivity contribution in [3.63, 3.8) is 0 Å². The van der Waals surface area contributed by atoms with Crippen molar-refractivity contribution >= 4 is 65.6 Å². The Morgan fingerprint density at radius 3 is 1.55 bits per heavy atom. The van der Waals surface area contributed by atoms with Gasteiger partial charge in [-0.1, -0.05) is 152 Å². The van der Waals surface area contributed by atoms with E-state index in [-0.39, 0.29) is 22.7 Å². The summed E-state index contributed by atoms with van der Waals surface area (Å²) in [5.74, 6) is 0.753. The van der Waals surface area contributed by atoms with Crippen molar-refractivity contribution in [1.29, 1.82) is 0 Å². The fraction of sp³-hybridized carbons (Fsp3) is 0.0172. The molecule has 0 radical (unpaired) electrons. The fourth-order valence-corrected chi connectivity index (χ4v) is 9.82. The summed E-state index contributed by atoms with van der Waals surface area (Å²) in [6, 6.07) is 65.8. The second-order valence-electron chi connectivity index (χ2n) is 16.7. The van der Waals surface area contributed by atoms with Gasteiger partial charge in [0.15, 0.2) is 23.1 Å². The lowest BCUT2D eigenvalue weighted by Crippen LogP contribution is -2.12. The Balaban J connectivity index is 1.18. The van der Waals surface area contributed by atoms with E-state index in [9.17, 15) is 0 Å². The number of nitrogens with zero attached hydrogens (tertiary/aromatic N) is 5. The zero-order valence-corrected chi connectivity index (χ0v) is 35.4. The monoisotopic (exact) mass is 873 g/mol. The van der Waals surface area contributed by atoms with E-state index in [0.717, 1.165) is 49.4 Å². The number of hydrogen-bond acceptors (Lipinski definition) is 4. The summed E-state index contributed by atoms with van der Waals surface area (Å²) < 4.78 is 60.0. The molecule has 13 aromatic rings. The average molecular weight is 874 g/mol. The van der Waals surface area contributed by atoms with E-state index in [1.54, 1.807) is 10.6 Å². The van der Waals surface area contributed by atoms with E-state index < -0.39 is 11.7 Å². The van der Waals surface area contributed by atoms with Crippen molar-refractivity contribution in [3.05, 3.63) is 212 Å². The van der Waals surface area contributed by atoms with E-state index in [1.807, 2.05) is 158 Å². The van der Waals surface area contributed by atoms with Crippen LogP contribution in [0.5, 0.6) is 0 Å². The third kappa shape index (κ3) is 6.16. The molecule has 0 fully saturated rings. The lowest BCUT2D eigenvalue weighted by Gasteiger charge is -2.19. The van der Waals surface area contributed by atoms with Crippen LogP contribution in [0.4, 0.5) is 13.2 Å². The Kier molecular flexibility index (Phi) is 8.57. The SMILES string of the molecule is FC(F)(F)c1cc(-c2nc(-c3ccccc3)nc(-c3ccccc3)n2)c2c(oc3ccccc32)c1-n1c2ccc(-c3ccccc3)cc2c2cc3c(cc21)c1ccccc1n3-c1ccccc1.